The third-order valence-corrected chi connectivity index (χ3v) is 3.94. The van der Waals surface area contributed by atoms with Crippen molar-refractivity contribution in [2.45, 2.75) is 38.2 Å². The number of methoxy groups -OCH3 is 1. The molecule has 23 heavy (non-hydrogen) atoms. The first kappa shape index (κ1) is 17.6. The van der Waals surface area contributed by atoms with Crippen molar-refractivity contribution < 1.29 is 13.9 Å². The molecule has 3 rings (SSSR count). The van der Waals surface area contributed by atoms with E-state index in [4.69, 9.17) is 9.47 Å². The van der Waals surface area contributed by atoms with E-state index in [9.17, 15) is 4.39 Å². The summed E-state index contributed by atoms with van der Waals surface area (Å²) in [7, 11) is 3.05. The Morgan fingerprint density at radius 3 is 2.87 bits per heavy atom. The molecule has 126 valence electrons. The van der Waals surface area contributed by atoms with Crippen LogP contribution in [0.4, 0.5) is 4.39 Å². The molecule has 1 unspecified atom stereocenters. The average molecular weight is 321 g/mol. The number of pyridine rings is 2. The average Bonchev–Trinajstić information content (AvgIpc) is 2.63. The van der Waals surface area contributed by atoms with Crippen molar-refractivity contribution >= 4 is 11.0 Å². The van der Waals surface area contributed by atoms with Gasteiger partial charge in [0, 0.05) is 18.2 Å². The van der Waals surface area contributed by atoms with Crippen molar-refractivity contribution in [3.63, 3.8) is 0 Å². The molecule has 2 N–H and O–H groups in total. The summed E-state index contributed by atoms with van der Waals surface area (Å²) in [4.78, 5) is 8.44. The fourth-order valence-corrected chi connectivity index (χ4v) is 2.77. The number of hydrogen-bond donors (Lipinski definition) is 1. The Morgan fingerprint density at radius 2 is 2.17 bits per heavy atom. The molecule has 5 nitrogen and oxygen atoms in total. The minimum atomic E-state index is -0.306. The monoisotopic (exact) mass is 321 g/mol. The van der Waals surface area contributed by atoms with Gasteiger partial charge in [0.25, 0.3) is 0 Å². The van der Waals surface area contributed by atoms with Gasteiger partial charge in [0.2, 0.25) is 5.88 Å². The van der Waals surface area contributed by atoms with Crippen LogP contribution in [0.1, 0.15) is 31.2 Å². The van der Waals surface area contributed by atoms with Gasteiger partial charge in [0.1, 0.15) is 5.82 Å². The van der Waals surface area contributed by atoms with Gasteiger partial charge in [0.05, 0.1) is 30.4 Å². The van der Waals surface area contributed by atoms with Crippen LogP contribution in [-0.4, -0.2) is 36.8 Å². The fourth-order valence-electron chi connectivity index (χ4n) is 2.77. The zero-order valence-electron chi connectivity index (χ0n) is 13.7. The van der Waals surface area contributed by atoms with Crippen molar-refractivity contribution in [3.05, 3.63) is 29.7 Å². The predicted molar refractivity (Wildman–Crippen MR) is 88.1 cm³/mol. The van der Waals surface area contributed by atoms with Gasteiger partial charge in [-0.2, -0.15) is 0 Å². The Hall–Kier alpha value is -1.79. The molecule has 0 aromatic carbocycles. The van der Waals surface area contributed by atoms with Gasteiger partial charge >= 0.3 is 0 Å². The number of rotatable bonds is 4. The van der Waals surface area contributed by atoms with Gasteiger partial charge in [-0.05, 0) is 45.2 Å². The summed E-state index contributed by atoms with van der Waals surface area (Å²) in [5, 5.41) is 0. The molecular weight excluding hydrogens is 297 g/mol. The van der Waals surface area contributed by atoms with E-state index in [-0.39, 0.29) is 11.9 Å². The van der Waals surface area contributed by atoms with Gasteiger partial charge in [-0.1, -0.05) is 0 Å². The van der Waals surface area contributed by atoms with E-state index in [2.05, 4.69) is 15.7 Å². The van der Waals surface area contributed by atoms with Crippen molar-refractivity contribution in [1.29, 1.82) is 0 Å². The highest BCUT2D eigenvalue weighted by Crippen LogP contribution is 2.24. The first-order chi connectivity index (χ1) is 11.3. The number of fused-ring (bicyclic) bond motifs is 1. The second kappa shape index (κ2) is 8.74. The van der Waals surface area contributed by atoms with Crippen molar-refractivity contribution in [3.8, 4) is 5.88 Å². The Balaban J connectivity index is 0.000000924. The van der Waals surface area contributed by atoms with Gasteiger partial charge in [-0.3, -0.25) is 4.98 Å². The van der Waals surface area contributed by atoms with Crippen molar-refractivity contribution in [1.82, 2.24) is 9.97 Å². The minimum Gasteiger partial charge on any atom is -0.481 e. The molecule has 6 heteroatoms. The van der Waals surface area contributed by atoms with Crippen LogP contribution in [0, 0.1) is 5.82 Å². The Labute approximate surface area is 136 Å². The molecule has 3 heterocycles. The lowest BCUT2D eigenvalue weighted by Crippen LogP contribution is -2.19. The second-order valence-electron chi connectivity index (χ2n) is 5.33. The normalized spacial score (nSPS) is 17.5. The van der Waals surface area contributed by atoms with E-state index in [1.54, 1.807) is 19.2 Å². The van der Waals surface area contributed by atoms with E-state index in [1.165, 1.54) is 19.7 Å². The minimum absolute atomic E-state index is 0.229. The summed E-state index contributed by atoms with van der Waals surface area (Å²) in [5.74, 6) is 0.170. The summed E-state index contributed by atoms with van der Waals surface area (Å²) in [6.45, 7) is 0.816. The molecule has 2 aromatic rings. The van der Waals surface area contributed by atoms with Gasteiger partial charge < -0.3 is 15.2 Å². The van der Waals surface area contributed by atoms with Crippen LogP contribution in [0.15, 0.2) is 18.3 Å². The molecular formula is C17H24FN3O2. The number of nitrogens with zero attached hydrogens (tertiary/aromatic N) is 2. The first-order valence-electron chi connectivity index (χ1n) is 7.95. The molecule has 0 saturated carbocycles. The third kappa shape index (κ3) is 4.36. The quantitative estimate of drug-likeness (QED) is 0.937. The van der Waals surface area contributed by atoms with Gasteiger partial charge in [-0.15, -0.1) is 0 Å². The third-order valence-electron chi connectivity index (χ3n) is 3.94. The van der Waals surface area contributed by atoms with Gasteiger partial charge in [-0.25, -0.2) is 9.37 Å². The molecule has 0 radical (unpaired) electrons. The summed E-state index contributed by atoms with van der Waals surface area (Å²) in [6.07, 6.45) is 6.30. The van der Waals surface area contributed by atoms with E-state index in [0.29, 0.717) is 28.9 Å². The van der Waals surface area contributed by atoms with Crippen LogP contribution in [0.3, 0.4) is 0 Å². The largest absolute Gasteiger partial charge is 0.481 e. The van der Waals surface area contributed by atoms with E-state index in [0.717, 1.165) is 25.9 Å². The Kier molecular flexibility index (Phi) is 6.67. The molecule has 0 spiro atoms. The highest BCUT2D eigenvalue weighted by molar-refractivity contribution is 5.78. The Morgan fingerprint density at radius 1 is 1.35 bits per heavy atom. The number of aromatic nitrogens is 2. The van der Waals surface area contributed by atoms with Crippen LogP contribution in [0.25, 0.3) is 11.0 Å². The Bertz CT molecular complexity index is 631. The predicted octanol–water partition coefficient (Wildman–Crippen LogP) is 2.85. The maximum atomic E-state index is 14.1. The smallest absolute Gasteiger partial charge is 0.213 e. The highest BCUT2D eigenvalue weighted by atomic mass is 19.1. The summed E-state index contributed by atoms with van der Waals surface area (Å²) in [5.41, 5.74) is 6.38. The molecule has 1 aliphatic rings. The summed E-state index contributed by atoms with van der Waals surface area (Å²) < 4.78 is 25.0. The van der Waals surface area contributed by atoms with Crippen LogP contribution < -0.4 is 10.5 Å². The lowest BCUT2D eigenvalue weighted by molar-refractivity contribution is 0.0114. The standard InChI is InChI=1S/C16H19FN2O2.CH5N/c1-20-15-8-7-14-16(19-15)12(13(17)10-18-14)6-5-11-4-2-3-9-21-11;1-2/h7-8,10-11H,2-6,9H2,1H3;2H2,1H3. The summed E-state index contributed by atoms with van der Waals surface area (Å²) >= 11 is 0. The maximum Gasteiger partial charge on any atom is 0.213 e. The number of halogens is 1. The zero-order valence-corrected chi connectivity index (χ0v) is 13.7. The van der Waals surface area contributed by atoms with E-state index >= 15 is 0 Å². The second-order valence-corrected chi connectivity index (χ2v) is 5.33. The number of hydrogen-bond acceptors (Lipinski definition) is 5. The SMILES string of the molecule is CN.COc1ccc2ncc(F)c(CCC3CCCCO3)c2n1. The molecule has 1 atom stereocenters. The molecule has 1 fully saturated rings. The number of ether oxygens (including phenoxy) is 2. The van der Waals surface area contributed by atoms with E-state index < -0.39 is 0 Å². The molecule has 0 aliphatic carbocycles. The van der Waals surface area contributed by atoms with Crippen LogP contribution >= 0.6 is 0 Å². The molecule has 0 amide bonds. The molecule has 1 aliphatic heterocycles. The zero-order chi connectivity index (χ0) is 16.7. The number of aryl methyl sites for hydroxylation is 1. The highest BCUT2D eigenvalue weighted by Gasteiger charge is 2.17. The maximum absolute atomic E-state index is 14.1. The lowest BCUT2D eigenvalue weighted by Gasteiger charge is -2.22. The topological polar surface area (TPSA) is 70.3 Å². The van der Waals surface area contributed by atoms with Crippen LogP contribution in [0.2, 0.25) is 0 Å². The first-order valence-corrected chi connectivity index (χ1v) is 7.95. The fraction of sp³-hybridized carbons (Fsp3) is 0.529. The molecule has 2 aromatic heterocycles. The van der Waals surface area contributed by atoms with Crippen molar-refractivity contribution in [2.24, 2.45) is 5.73 Å². The molecule has 0 bridgehead atoms. The lowest BCUT2D eigenvalue weighted by atomic mass is 10.0. The summed E-state index contributed by atoms with van der Waals surface area (Å²) in [6, 6.07) is 3.54. The van der Waals surface area contributed by atoms with E-state index in [1.807, 2.05) is 0 Å². The number of nitrogens with two attached hydrogens (primary N) is 1. The van der Waals surface area contributed by atoms with Crippen molar-refractivity contribution in [2.75, 3.05) is 20.8 Å². The van der Waals surface area contributed by atoms with Gasteiger partial charge in [0.15, 0.2) is 0 Å². The van der Waals surface area contributed by atoms with Crippen LogP contribution in [0.5, 0.6) is 5.88 Å². The van der Waals surface area contributed by atoms with Crippen LogP contribution in [-0.2, 0) is 11.2 Å². The molecule has 1 saturated heterocycles.